The van der Waals surface area contributed by atoms with E-state index >= 15 is 0 Å². The molecule has 11 heteroatoms. The summed E-state index contributed by atoms with van der Waals surface area (Å²) in [4.78, 5) is 31.6. The first-order chi connectivity index (χ1) is 13.9. The molecule has 0 aromatic rings. The molecule has 174 valence electrons. The molecule has 1 fully saturated rings. The van der Waals surface area contributed by atoms with Crippen LogP contribution in [0.1, 0.15) is 97.3 Å². The van der Waals surface area contributed by atoms with E-state index < -0.39 is 7.82 Å². The van der Waals surface area contributed by atoms with Crippen LogP contribution in [0.3, 0.4) is 0 Å². The summed E-state index contributed by atoms with van der Waals surface area (Å²) in [6.07, 6.45) is 17.0. The first kappa shape index (κ1) is 28.5. The zero-order valence-corrected chi connectivity index (χ0v) is 18.4. The first-order valence-corrected chi connectivity index (χ1v) is 11.9. The van der Waals surface area contributed by atoms with E-state index in [1.807, 2.05) is 13.0 Å². The van der Waals surface area contributed by atoms with Crippen molar-refractivity contribution in [1.29, 1.82) is 0 Å². The maximum atomic E-state index is 8.88. The molecular formula is C18H37O10P. The predicted molar refractivity (Wildman–Crippen MR) is 104 cm³/mol. The van der Waals surface area contributed by atoms with Crippen molar-refractivity contribution in [1.82, 2.24) is 0 Å². The van der Waals surface area contributed by atoms with Gasteiger partial charge in [0.15, 0.2) is 0 Å². The van der Waals surface area contributed by atoms with Crippen LogP contribution < -0.4 is 0 Å². The Hall–Kier alpha value is -0.550. The number of rotatable bonds is 15. The number of phosphoric acid groups is 1. The largest absolute Gasteiger partial charge is 0.466 e. The van der Waals surface area contributed by atoms with Crippen LogP contribution in [0.25, 0.3) is 0 Å². The van der Waals surface area contributed by atoms with Crippen molar-refractivity contribution in [2.75, 3.05) is 0 Å². The number of unbranched alkanes of at least 4 members (excludes halogenated alkanes) is 6. The minimum absolute atomic E-state index is 0.0618. The van der Waals surface area contributed by atoms with Gasteiger partial charge >= 0.3 is 7.82 Å². The third kappa shape index (κ3) is 23.6. The first-order valence-electron chi connectivity index (χ1n) is 10.3. The third-order valence-electron chi connectivity index (χ3n) is 4.30. The van der Waals surface area contributed by atoms with E-state index in [0.29, 0.717) is 5.76 Å². The normalized spacial score (nSPS) is 15.7. The summed E-state index contributed by atoms with van der Waals surface area (Å²) in [5.41, 5.74) is 0. The van der Waals surface area contributed by atoms with Crippen LogP contribution in [0.4, 0.5) is 0 Å². The van der Waals surface area contributed by atoms with Crippen molar-refractivity contribution in [2.45, 2.75) is 103 Å². The second-order valence-corrected chi connectivity index (χ2v) is 7.88. The quantitative estimate of drug-likeness (QED) is 0.103. The average Bonchev–Trinajstić information content (AvgIpc) is 2.67. The molecule has 1 rings (SSSR count). The molecule has 0 amide bonds. The standard InChI is InChI=1S/C18H34O6.H3O4P/c1-3-5-6-7-8-9-11-14-17(4-2)19-21-23-24-22-20-18-15-12-10-13-16-18;1-5(2,3)4/h4,18H,3,5-16H2,1-2H3;(H3,1,2,3,4). The SMILES string of the molecule is CC=C(CCCCCCCCC)OOOOOOC1CCCCC1.O=P(O)(O)O. The van der Waals surface area contributed by atoms with Gasteiger partial charge in [0.1, 0.15) is 5.76 Å². The van der Waals surface area contributed by atoms with Crippen molar-refractivity contribution in [3.8, 4) is 0 Å². The van der Waals surface area contributed by atoms with Crippen LogP contribution in [-0.2, 0) is 34.5 Å². The molecular weight excluding hydrogens is 407 g/mol. The maximum absolute atomic E-state index is 8.88. The summed E-state index contributed by atoms with van der Waals surface area (Å²) >= 11 is 0. The predicted octanol–water partition coefficient (Wildman–Crippen LogP) is 5.11. The molecule has 0 unspecified atom stereocenters. The smallest absolute Gasteiger partial charge is 0.311 e. The molecule has 1 aliphatic carbocycles. The van der Waals surface area contributed by atoms with Gasteiger partial charge in [-0.15, -0.1) is 0 Å². The Bertz CT molecular complexity index is 426. The highest BCUT2D eigenvalue weighted by atomic mass is 31.2. The Morgan fingerprint density at radius 1 is 0.897 bits per heavy atom. The minimum Gasteiger partial charge on any atom is -0.311 e. The van der Waals surface area contributed by atoms with Crippen molar-refractivity contribution in [3.63, 3.8) is 0 Å². The molecule has 0 aromatic heterocycles. The van der Waals surface area contributed by atoms with E-state index in [-0.39, 0.29) is 6.10 Å². The summed E-state index contributed by atoms with van der Waals surface area (Å²) in [6.45, 7) is 4.12. The van der Waals surface area contributed by atoms with Crippen molar-refractivity contribution >= 4 is 7.82 Å². The summed E-state index contributed by atoms with van der Waals surface area (Å²) in [5.74, 6) is 0.709. The highest BCUT2D eigenvalue weighted by molar-refractivity contribution is 7.45. The van der Waals surface area contributed by atoms with Crippen LogP contribution in [-0.4, -0.2) is 20.8 Å². The van der Waals surface area contributed by atoms with E-state index in [1.54, 1.807) is 0 Å². The fourth-order valence-corrected chi connectivity index (χ4v) is 2.80. The molecule has 0 heterocycles. The van der Waals surface area contributed by atoms with Crippen LogP contribution in [0.5, 0.6) is 0 Å². The fraction of sp³-hybridized carbons (Fsp3) is 0.889. The highest BCUT2D eigenvalue weighted by Crippen LogP contribution is 2.25. The maximum Gasteiger partial charge on any atom is 0.466 e. The van der Waals surface area contributed by atoms with Gasteiger partial charge in [-0.05, 0) is 42.3 Å². The van der Waals surface area contributed by atoms with E-state index in [2.05, 4.69) is 27.1 Å². The van der Waals surface area contributed by atoms with E-state index in [0.717, 1.165) is 38.5 Å². The molecule has 0 bridgehead atoms. The number of hydrogen-bond acceptors (Lipinski definition) is 7. The van der Waals surface area contributed by atoms with Crippen molar-refractivity contribution in [2.24, 2.45) is 0 Å². The van der Waals surface area contributed by atoms with Gasteiger partial charge in [0, 0.05) is 16.5 Å². The van der Waals surface area contributed by atoms with Crippen LogP contribution >= 0.6 is 7.82 Å². The van der Waals surface area contributed by atoms with Gasteiger partial charge in [-0.2, -0.15) is 0 Å². The summed E-state index contributed by atoms with van der Waals surface area (Å²) < 4.78 is 8.88. The molecule has 0 spiro atoms. The van der Waals surface area contributed by atoms with Gasteiger partial charge in [0.25, 0.3) is 0 Å². The number of hydrogen-bond donors (Lipinski definition) is 3. The van der Waals surface area contributed by atoms with Crippen molar-refractivity contribution < 1.29 is 49.2 Å². The molecule has 0 radical (unpaired) electrons. The molecule has 29 heavy (non-hydrogen) atoms. The molecule has 1 aliphatic rings. The summed E-state index contributed by atoms with van der Waals surface area (Å²) in [6, 6.07) is 0. The molecule has 10 nitrogen and oxygen atoms in total. The molecule has 0 aliphatic heterocycles. The summed E-state index contributed by atoms with van der Waals surface area (Å²) in [5, 5.41) is 17.6. The molecule has 0 atom stereocenters. The van der Waals surface area contributed by atoms with Crippen LogP contribution in [0, 0.1) is 0 Å². The van der Waals surface area contributed by atoms with E-state index in [9.17, 15) is 0 Å². The van der Waals surface area contributed by atoms with Gasteiger partial charge in [0.05, 0.1) is 6.10 Å². The summed E-state index contributed by atoms with van der Waals surface area (Å²) in [7, 11) is -4.64. The van der Waals surface area contributed by atoms with Crippen LogP contribution in [0.15, 0.2) is 11.8 Å². The Morgan fingerprint density at radius 3 is 2.03 bits per heavy atom. The lowest BCUT2D eigenvalue weighted by molar-refractivity contribution is -0.756. The monoisotopic (exact) mass is 444 g/mol. The topological polar surface area (TPSA) is 133 Å². The second kappa shape index (κ2) is 19.4. The third-order valence-corrected chi connectivity index (χ3v) is 4.30. The Labute approximate surface area is 173 Å². The lowest BCUT2D eigenvalue weighted by Crippen LogP contribution is -2.17. The molecule has 0 aromatic carbocycles. The van der Waals surface area contributed by atoms with Gasteiger partial charge in [0.2, 0.25) is 0 Å². The lowest BCUT2D eigenvalue weighted by Gasteiger charge is -2.18. The number of allylic oxidation sites excluding steroid dienone is 2. The van der Waals surface area contributed by atoms with Gasteiger partial charge < -0.3 is 19.6 Å². The average molecular weight is 444 g/mol. The minimum atomic E-state index is -4.64. The van der Waals surface area contributed by atoms with E-state index in [1.165, 1.54) is 44.9 Å². The highest BCUT2D eigenvalue weighted by Gasteiger charge is 2.15. The Kier molecular flexibility index (Phi) is 19.0. The van der Waals surface area contributed by atoms with Crippen LogP contribution in [0.2, 0.25) is 0 Å². The van der Waals surface area contributed by atoms with Crippen molar-refractivity contribution in [3.05, 3.63) is 11.8 Å². The second-order valence-electron chi connectivity index (χ2n) is 6.85. The Morgan fingerprint density at radius 2 is 1.45 bits per heavy atom. The zero-order chi connectivity index (χ0) is 21.8. The molecule has 1 saturated carbocycles. The Balaban J connectivity index is 0.00000139. The van der Waals surface area contributed by atoms with E-state index in [4.69, 9.17) is 29.0 Å². The molecule has 0 saturated heterocycles. The fourth-order valence-electron chi connectivity index (χ4n) is 2.80. The van der Waals surface area contributed by atoms with Gasteiger partial charge in [-0.1, -0.05) is 64.7 Å². The van der Waals surface area contributed by atoms with Gasteiger partial charge in [-0.3, -0.25) is 0 Å². The molecule has 3 N–H and O–H groups in total. The van der Waals surface area contributed by atoms with Gasteiger partial charge in [-0.25, -0.2) is 9.45 Å². The zero-order valence-electron chi connectivity index (χ0n) is 17.5. The lowest BCUT2D eigenvalue weighted by atomic mass is 9.98.